The van der Waals surface area contributed by atoms with E-state index in [1.165, 1.54) is 18.9 Å². The molecule has 0 saturated carbocycles. The minimum atomic E-state index is -4.84. The van der Waals surface area contributed by atoms with Gasteiger partial charge in [-0.15, -0.1) is 0 Å². The first-order valence-corrected chi connectivity index (χ1v) is 12.1. The number of aliphatic imine (C=N–C) groups is 1. The molecule has 0 bridgehead atoms. The van der Waals surface area contributed by atoms with Crippen molar-refractivity contribution in [2.45, 2.75) is 37.8 Å². The van der Waals surface area contributed by atoms with Crippen LogP contribution in [0.3, 0.4) is 0 Å². The Bertz CT molecular complexity index is 1240. The van der Waals surface area contributed by atoms with E-state index in [1.54, 1.807) is 10.3 Å². The number of nitrogens with zero attached hydrogens (tertiary/aromatic N) is 6. The van der Waals surface area contributed by atoms with Gasteiger partial charge in [0.15, 0.2) is 11.7 Å². The van der Waals surface area contributed by atoms with Crippen LogP contribution >= 0.6 is 0 Å². The van der Waals surface area contributed by atoms with Crippen LogP contribution in [0, 0.1) is 5.92 Å². The molecule has 0 aromatic carbocycles. The number of aromatic nitrogens is 1. The van der Waals surface area contributed by atoms with Crippen LogP contribution in [-0.4, -0.2) is 97.7 Å². The molecule has 0 aliphatic carbocycles. The average Bonchev–Trinajstić information content (AvgIpc) is 2.87. The molecular formula is C23H25F6N7O4. The predicted octanol–water partition coefficient (Wildman–Crippen LogP) is 1.62. The molecule has 4 rings (SSSR count). The largest absolute Gasteiger partial charge is 0.417 e. The fourth-order valence-electron chi connectivity index (χ4n) is 4.61. The van der Waals surface area contributed by atoms with E-state index < -0.39 is 53.4 Å². The monoisotopic (exact) mass is 577 g/mol. The topological polar surface area (TPSA) is 120 Å². The van der Waals surface area contributed by atoms with Crippen LogP contribution in [-0.2, 0) is 25.3 Å². The summed E-state index contributed by atoms with van der Waals surface area (Å²) < 4.78 is 84.4. The molecular weight excluding hydrogens is 552 g/mol. The zero-order valence-corrected chi connectivity index (χ0v) is 21.3. The van der Waals surface area contributed by atoms with E-state index in [0.29, 0.717) is 6.20 Å². The number of alkyl halides is 6. The van der Waals surface area contributed by atoms with E-state index in [2.05, 4.69) is 15.1 Å². The molecule has 1 unspecified atom stereocenters. The van der Waals surface area contributed by atoms with Gasteiger partial charge in [0.2, 0.25) is 5.91 Å². The molecule has 17 heteroatoms. The maximum Gasteiger partial charge on any atom is 0.417 e. The lowest BCUT2D eigenvalue weighted by Gasteiger charge is -2.46. The fraction of sp³-hybridized carbons (Fsp3) is 0.565. The number of rotatable bonds is 6. The summed E-state index contributed by atoms with van der Waals surface area (Å²) in [6.07, 6.45) is -8.01. The lowest BCUT2D eigenvalue weighted by Crippen LogP contribution is -2.63. The SMILES string of the molecule is C[C@@H](COCCC(=O)N1CCN2c3ncc(C(F)(F)F)cc3N(C)C(=O)[C@@H]2C1)N=C1C=NNC(=O)C1C(F)(F)F. The summed E-state index contributed by atoms with van der Waals surface area (Å²) in [7, 11) is 1.35. The number of ether oxygens (including phenoxy) is 1. The van der Waals surface area contributed by atoms with Crippen LogP contribution in [0.25, 0.3) is 0 Å². The van der Waals surface area contributed by atoms with Crippen molar-refractivity contribution in [1.82, 2.24) is 15.3 Å². The van der Waals surface area contributed by atoms with Crippen LogP contribution in [0.2, 0.25) is 0 Å². The summed E-state index contributed by atoms with van der Waals surface area (Å²) in [5.74, 6) is -4.37. The number of pyridine rings is 1. The van der Waals surface area contributed by atoms with Crippen LogP contribution < -0.4 is 15.2 Å². The second-order valence-electron chi connectivity index (χ2n) is 9.45. The van der Waals surface area contributed by atoms with Gasteiger partial charge in [0.1, 0.15) is 6.04 Å². The quantitative estimate of drug-likeness (QED) is 0.406. The van der Waals surface area contributed by atoms with Gasteiger partial charge in [-0.3, -0.25) is 19.4 Å². The van der Waals surface area contributed by atoms with Gasteiger partial charge >= 0.3 is 12.4 Å². The zero-order valence-electron chi connectivity index (χ0n) is 21.3. The number of carbonyl (C=O) groups is 3. The highest BCUT2D eigenvalue weighted by Crippen LogP contribution is 2.39. The van der Waals surface area contributed by atoms with Crippen molar-refractivity contribution in [3.8, 4) is 0 Å². The maximum atomic E-state index is 13.2. The number of hydrogen-bond donors (Lipinski definition) is 1. The van der Waals surface area contributed by atoms with E-state index >= 15 is 0 Å². The molecule has 3 aliphatic heterocycles. The Morgan fingerprint density at radius 2 is 1.95 bits per heavy atom. The number of hydrogen-bond acceptors (Lipinski definition) is 8. The second-order valence-corrected chi connectivity index (χ2v) is 9.45. The third kappa shape index (κ3) is 6.03. The fourth-order valence-corrected chi connectivity index (χ4v) is 4.61. The van der Waals surface area contributed by atoms with Gasteiger partial charge in [0.25, 0.3) is 11.8 Å². The number of likely N-dealkylation sites (N-methyl/N-ethyl adjacent to an activating group) is 1. The van der Waals surface area contributed by atoms with Gasteiger partial charge in [-0.25, -0.2) is 10.4 Å². The smallest absolute Gasteiger partial charge is 0.379 e. The van der Waals surface area contributed by atoms with Crippen LogP contribution in [0.5, 0.6) is 0 Å². The maximum absolute atomic E-state index is 13.2. The second kappa shape index (κ2) is 11.0. The van der Waals surface area contributed by atoms with Gasteiger partial charge in [-0.05, 0) is 13.0 Å². The minimum Gasteiger partial charge on any atom is -0.379 e. The average molecular weight is 577 g/mol. The number of carbonyl (C=O) groups excluding carboxylic acids is 3. The van der Waals surface area contributed by atoms with Gasteiger partial charge in [-0.1, -0.05) is 0 Å². The zero-order chi connectivity index (χ0) is 29.4. The molecule has 0 spiro atoms. The predicted molar refractivity (Wildman–Crippen MR) is 129 cm³/mol. The highest BCUT2D eigenvalue weighted by atomic mass is 19.4. The van der Waals surface area contributed by atoms with Gasteiger partial charge in [0.05, 0.1) is 55.4 Å². The minimum absolute atomic E-state index is 0.00552. The lowest BCUT2D eigenvalue weighted by molar-refractivity contribution is -0.168. The summed E-state index contributed by atoms with van der Waals surface area (Å²) in [5, 5.41) is 3.37. The van der Waals surface area contributed by atoms with Gasteiger partial charge < -0.3 is 19.4 Å². The third-order valence-electron chi connectivity index (χ3n) is 6.60. The highest BCUT2D eigenvalue weighted by molar-refractivity contribution is 6.37. The number of nitrogens with one attached hydrogen (secondary N) is 1. The molecule has 11 nitrogen and oxygen atoms in total. The van der Waals surface area contributed by atoms with Crippen molar-refractivity contribution in [2.24, 2.45) is 16.0 Å². The molecule has 3 aliphatic rings. The van der Waals surface area contributed by atoms with Crippen molar-refractivity contribution >= 4 is 41.2 Å². The van der Waals surface area contributed by atoms with Crippen molar-refractivity contribution in [3.63, 3.8) is 0 Å². The first kappa shape index (κ1) is 29.2. The summed E-state index contributed by atoms with van der Waals surface area (Å²) in [5.41, 5.74) is 0.266. The summed E-state index contributed by atoms with van der Waals surface area (Å²) in [4.78, 5) is 49.3. The first-order chi connectivity index (χ1) is 18.7. The third-order valence-corrected chi connectivity index (χ3v) is 6.60. The number of hydrazone groups is 1. The van der Waals surface area contributed by atoms with Crippen molar-refractivity contribution in [1.29, 1.82) is 0 Å². The van der Waals surface area contributed by atoms with E-state index in [1.807, 2.05) is 0 Å². The molecule has 1 N–H and O–H groups in total. The molecule has 0 radical (unpaired) electrons. The Hall–Kier alpha value is -3.76. The van der Waals surface area contributed by atoms with E-state index in [-0.39, 0.29) is 56.7 Å². The molecule has 3 amide bonds. The Labute approximate surface area is 223 Å². The Balaban J connectivity index is 1.31. The molecule has 1 aromatic heterocycles. The Morgan fingerprint density at radius 3 is 2.62 bits per heavy atom. The molecule has 1 saturated heterocycles. The Kier molecular flexibility index (Phi) is 8.05. The number of piperazine rings is 1. The Morgan fingerprint density at radius 1 is 1.23 bits per heavy atom. The summed E-state index contributed by atoms with van der Waals surface area (Å²) in [6.45, 7) is 1.64. The molecule has 3 atom stereocenters. The molecule has 40 heavy (non-hydrogen) atoms. The number of amides is 3. The number of anilines is 2. The number of fused-ring (bicyclic) bond motifs is 3. The van der Waals surface area contributed by atoms with E-state index in [0.717, 1.165) is 17.2 Å². The first-order valence-electron chi connectivity index (χ1n) is 12.1. The van der Waals surface area contributed by atoms with Crippen LogP contribution in [0.4, 0.5) is 37.8 Å². The van der Waals surface area contributed by atoms with Crippen molar-refractivity contribution in [3.05, 3.63) is 17.8 Å². The lowest BCUT2D eigenvalue weighted by atomic mass is 10.0. The van der Waals surface area contributed by atoms with Crippen LogP contribution in [0.1, 0.15) is 18.9 Å². The van der Waals surface area contributed by atoms with E-state index in [9.17, 15) is 40.7 Å². The highest BCUT2D eigenvalue weighted by Gasteiger charge is 2.49. The number of halogens is 6. The molecule has 1 aromatic rings. The molecule has 4 heterocycles. The summed E-state index contributed by atoms with van der Waals surface area (Å²) in [6, 6.07) is -0.722. The van der Waals surface area contributed by atoms with Crippen molar-refractivity contribution in [2.75, 3.05) is 49.7 Å². The van der Waals surface area contributed by atoms with Gasteiger partial charge in [-0.2, -0.15) is 31.4 Å². The van der Waals surface area contributed by atoms with E-state index in [4.69, 9.17) is 4.74 Å². The standard InChI is InChI=1S/C23H25F6N7O4/c1-12(32-14-9-31-33-20(38)18(14)23(27,28)29)11-40-6-3-17(37)35-4-5-36-16(10-35)21(39)34(2)15-7-13(22(24,25)26)8-30-19(15)36/h7-9,12,16,18H,3-6,10-11H2,1-2H3,(H,33,38)/t12-,16-,18?/m0/s1. The van der Waals surface area contributed by atoms with Crippen molar-refractivity contribution < 1.29 is 45.5 Å². The van der Waals surface area contributed by atoms with Gasteiger partial charge in [0, 0.05) is 26.3 Å². The summed E-state index contributed by atoms with van der Waals surface area (Å²) >= 11 is 0. The van der Waals surface area contributed by atoms with Crippen LogP contribution in [0.15, 0.2) is 22.4 Å². The normalized spacial score (nSPS) is 23.2. The molecule has 218 valence electrons. The molecule has 1 fully saturated rings.